The molecule has 0 radical (unpaired) electrons. The fraction of sp³-hybridized carbons (Fsp3) is 0.464. The van der Waals surface area contributed by atoms with E-state index in [1.807, 2.05) is 19.9 Å². The predicted octanol–water partition coefficient (Wildman–Crippen LogP) is 5.03. The number of aromatic nitrogens is 2. The van der Waals surface area contributed by atoms with Gasteiger partial charge in [0.1, 0.15) is 17.1 Å². The summed E-state index contributed by atoms with van der Waals surface area (Å²) in [7, 11) is 0. The molecule has 7 nitrogen and oxygen atoms in total. The number of hydrogen-bond acceptors (Lipinski definition) is 4. The minimum Gasteiger partial charge on any atom is -0.493 e. The molecule has 0 bridgehead atoms. The summed E-state index contributed by atoms with van der Waals surface area (Å²) < 4.78 is 20.3. The van der Waals surface area contributed by atoms with Crippen molar-refractivity contribution in [1.82, 2.24) is 20.6 Å². The number of carbonyl (C=O) groups excluding carboxylic acids is 2. The van der Waals surface area contributed by atoms with Crippen LogP contribution in [-0.2, 0) is 4.79 Å². The van der Waals surface area contributed by atoms with Crippen LogP contribution in [-0.4, -0.2) is 40.5 Å². The van der Waals surface area contributed by atoms with E-state index in [4.69, 9.17) is 4.74 Å². The number of aromatic amines is 1. The van der Waals surface area contributed by atoms with E-state index >= 15 is 0 Å². The molecule has 2 amide bonds. The Hall–Kier alpha value is -3.42. The van der Waals surface area contributed by atoms with E-state index in [1.54, 1.807) is 12.3 Å². The van der Waals surface area contributed by atoms with Gasteiger partial charge in [-0.1, -0.05) is 6.92 Å². The SMILES string of the molecule is CCC(=O)N[C@H]1CC[C@@H](NC(=O)c2c(C)[nH]c3c(-c4cc(F)ccc4OCC4CC4)ccnc23)CC1. The zero-order valence-corrected chi connectivity index (χ0v) is 20.8. The van der Waals surface area contributed by atoms with Crippen LogP contribution in [0.1, 0.15) is 67.9 Å². The zero-order chi connectivity index (χ0) is 25.2. The normalized spacial score (nSPS) is 19.8. The first-order valence-corrected chi connectivity index (χ1v) is 12.9. The number of amides is 2. The molecule has 2 aliphatic carbocycles. The second-order valence-corrected chi connectivity index (χ2v) is 10.0. The molecule has 2 aliphatic rings. The van der Waals surface area contributed by atoms with Gasteiger partial charge in [0.2, 0.25) is 5.91 Å². The molecule has 8 heteroatoms. The van der Waals surface area contributed by atoms with Crippen LogP contribution < -0.4 is 15.4 Å². The number of ether oxygens (including phenoxy) is 1. The highest BCUT2D eigenvalue weighted by molar-refractivity contribution is 6.09. The van der Waals surface area contributed by atoms with Gasteiger partial charge in [-0.05, 0) is 75.6 Å². The molecule has 5 rings (SSSR count). The van der Waals surface area contributed by atoms with E-state index in [-0.39, 0.29) is 29.7 Å². The fourth-order valence-electron chi connectivity index (χ4n) is 5.01. The van der Waals surface area contributed by atoms with Crippen LogP contribution in [0.3, 0.4) is 0 Å². The first kappa shape index (κ1) is 24.3. The Morgan fingerprint density at radius 2 is 1.78 bits per heavy atom. The first-order chi connectivity index (χ1) is 17.4. The van der Waals surface area contributed by atoms with Gasteiger partial charge in [-0.3, -0.25) is 14.6 Å². The van der Waals surface area contributed by atoms with Crippen molar-refractivity contribution in [1.29, 1.82) is 0 Å². The summed E-state index contributed by atoms with van der Waals surface area (Å²) >= 11 is 0. The number of pyridine rings is 1. The lowest BCUT2D eigenvalue weighted by Crippen LogP contribution is -2.43. The molecule has 3 aromatic rings. The number of benzene rings is 1. The Morgan fingerprint density at radius 3 is 2.47 bits per heavy atom. The summed E-state index contributed by atoms with van der Waals surface area (Å²) in [6.45, 7) is 4.32. The van der Waals surface area contributed by atoms with Crippen molar-refractivity contribution >= 4 is 22.8 Å². The molecule has 3 N–H and O–H groups in total. The Labute approximate surface area is 210 Å². The third kappa shape index (κ3) is 5.22. The van der Waals surface area contributed by atoms with Gasteiger partial charge in [-0.15, -0.1) is 0 Å². The quantitative estimate of drug-likeness (QED) is 0.411. The Balaban J connectivity index is 1.37. The van der Waals surface area contributed by atoms with Gasteiger partial charge in [-0.2, -0.15) is 0 Å². The van der Waals surface area contributed by atoms with Gasteiger partial charge < -0.3 is 20.4 Å². The number of aryl methyl sites for hydroxylation is 1. The molecule has 0 atom stereocenters. The fourth-order valence-corrected chi connectivity index (χ4v) is 5.01. The van der Waals surface area contributed by atoms with Crippen LogP contribution in [0.4, 0.5) is 4.39 Å². The number of fused-ring (bicyclic) bond motifs is 1. The van der Waals surface area contributed by atoms with Crippen LogP contribution in [0.25, 0.3) is 22.2 Å². The number of hydrogen-bond donors (Lipinski definition) is 3. The van der Waals surface area contributed by atoms with E-state index in [1.165, 1.54) is 25.0 Å². The zero-order valence-electron chi connectivity index (χ0n) is 20.8. The summed E-state index contributed by atoms with van der Waals surface area (Å²) in [5.41, 5.74) is 3.86. The molecule has 0 saturated heterocycles. The average molecular weight is 493 g/mol. The lowest BCUT2D eigenvalue weighted by atomic mass is 9.91. The lowest BCUT2D eigenvalue weighted by molar-refractivity contribution is -0.121. The minimum atomic E-state index is -0.347. The standard InChI is InChI=1S/C28H33FN4O3/c1-3-24(34)32-19-7-9-20(10-8-19)33-28(35)25-16(2)31-26-21(12-13-30-27(25)26)22-14-18(29)6-11-23(22)36-15-17-4-5-17/h6,11-14,17,19-20,31H,3-5,7-10,15H2,1-2H3,(H,32,34)(H,33,35)/t19-,20+. The van der Waals surface area contributed by atoms with Crippen LogP contribution in [0.2, 0.25) is 0 Å². The van der Waals surface area contributed by atoms with Crippen LogP contribution in [0, 0.1) is 18.7 Å². The number of H-pyrrole nitrogens is 1. The molecular formula is C28H33FN4O3. The summed E-state index contributed by atoms with van der Waals surface area (Å²) in [5, 5.41) is 6.21. The summed E-state index contributed by atoms with van der Waals surface area (Å²) in [5.74, 6) is 0.745. The van der Waals surface area contributed by atoms with Crippen LogP contribution >= 0.6 is 0 Å². The molecule has 1 aromatic carbocycles. The number of rotatable bonds is 8. The van der Waals surface area contributed by atoms with Crippen molar-refractivity contribution in [2.45, 2.75) is 70.9 Å². The second kappa shape index (κ2) is 10.3. The molecule has 2 aromatic heterocycles. The second-order valence-electron chi connectivity index (χ2n) is 10.0. The van der Waals surface area contributed by atoms with Gasteiger partial charge in [0.15, 0.2) is 0 Å². The molecule has 0 unspecified atom stereocenters. The average Bonchev–Trinajstić information content (AvgIpc) is 3.63. The van der Waals surface area contributed by atoms with Gasteiger partial charge >= 0.3 is 0 Å². The molecule has 0 spiro atoms. The Morgan fingerprint density at radius 1 is 1.06 bits per heavy atom. The van der Waals surface area contributed by atoms with Crippen molar-refractivity contribution in [3.8, 4) is 16.9 Å². The maximum absolute atomic E-state index is 14.3. The molecule has 190 valence electrons. The van der Waals surface area contributed by atoms with Gasteiger partial charge in [0, 0.05) is 41.5 Å². The van der Waals surface area contributed by atoms with Crippen molar-refractivity contribution in [2.24, 2.45) is 5.92 Å². The van der Waals surface area contributed by atoms with Crippen molar-refractivity contribution in [2.75, 3.05) is 6.61 Å². The van der Waals surface area contributed by atoms with Gasteiger partial charge in [-0.25, -0.2) is 4.39 Å². The Bertz CT molecular complexity index is 1280. The molecule has 2 heterocycles. The van der Waals surface area contributed by atoms with E-state index in [2.05, 4.69) is 20.6 Å². The largest absolute Gasteiger partial charge is 0.493 e. The van der Waals surface area contributed by atoms with Crippen LogP contribution in [0.15, 0.2) is 30.5 Å². The van der Waals surface area contributed by atoms with E-state index in [0.717, 1.165) is 31.2 Å². The number of halogens is 1. The summed E-state index contributed by atoms with van der Waals surface area (Å²) in [6.07, 6.45) is 7.77. The highest BCUT2D eigenvalue weighted by Gasteiger charge is 2.27. The predicted molar refractivity (Wildman–Crippen MR) is 136 cm³/mol. The maximum atomic E-state index is 14.3. The van der Waals surface area contributed by atoms with Gasteiger partial charge in [0.25, 0.3) is 5.91 Å². The van der Waals surface area contributed by atoms with E-state index in [0.29, 0.717) is 52.5 Å². The smallest absolute Gasteiger partial charge is 0.255 e. The third-order valence-electron chi connectivity index (χ3n) is 7.25. The number of nitrogens with zero attached hydrogens (tertiary/aromatic N) is 1. The minimum absolute atomic E-state index is 0.0467. The van der Waals surface area contributed by atoms with Gasteiger partial charge in [0.05, 0.1) is 17.7 Å². The molecule has 0 aliphatic heterocycles. The highest BCUT2D eigenvalue weighted by atomic mass is 19.1. The molecule has 2 fully saturated rings. The molecular weight excluding hydrogens is 459 g/mol. The number of nitrogens with one attached hydrogen (secondary N) is 3. The van der Waals surface area contributed by atoms with Crippen molar-refractivity contribution in [3.05, 3.63) is 47.5 Å². The monoisotopic (exact) mass is 492 g/mol. The van der Waals surface area contributed by atoms with Crippen molar-refractivity contribution in [3.63, 3.8) is 0 Å². The topological polar surface area (TPSA) is 96.1 Å². The lowest BCUT2D eigenvalue weighted by Gasteiger charge is -2.29. The van der Waals surface area contributed by atoms with E-state index in [9.17, 15) is 14.0 Å². The molecule has 36 heavy (non-hydrogen) atoms. The third-order valence-corrected chi connectivity index (χ3v) is 7.25. The maximum Gasteiger partial charge on any atom is 0.255 e. The van der Waals surface area contributed by atoms with Crippen molar-refractivity contribution < 1.29 is 18.7 Å². The Kier molecular flexibility index (Phi) is 6.94. The van der Waals surface area contributed by atoms with Crippen LogP contribution in [0.5, 0.6) is 5.75 Å². The highest BCUT2D eigenvalue weighted by Crippen LogP contribution is 2.38. The summed E-state index contributed by atoms with van der Waals surface area (Å²) in [6, 6.07) is 6.60. The molecule has 2 saturated carbocycles. The summed E-state index contributed by atoms with van der Waals surface area (Å²) in [4.78, 5) is 32.9. The van der Waals surface area contributed by atoms with E-state index < -0.39 is 0 Å². The first-order valence-electron chi connectivity index (χ1n) is 12.9. The number of carbonyl (C=O) groups is 2.